The van der Waals surface area contributed by atoms with Crippen molar-refractivity contribution in [2.45, 2.75) is 57.8 Å². The van der Waals surface area contributed by atoms with Gasteiger partial charge in [0.25, 0.3) is 0 Å². The molecule has 0 heterocycles. The average molecular weight is 456 g/mol. The molecule has 0 unspecified atom stereocenters. The molecule has 14 heavy (non-hydrogen) atoms. The van der Waals surface area contributed by atoms with Gasteiger partial charge in [0.2, 0.25) is 0 Å². The van der Waals surface area contributed by atoms with E-state index in [2.05, 4.69) is 84.5 Å². The van der Waals surface area contributed by atoms with Crippen LogP contribution in [0.3, 0.4) is 0 Å². The lowest BCUT2D eigenvalue weighted by Crippen LogP contribution is -2.50. The zero-order chi connectivity index (χ0) is 11.2. The van der Waals surface area contributed by atoms with Crippen LogP contribution in [0.4, 0.5) is 0 Å². The number of hydrogen-bond donors (Lipinski definition) is 0. The topological polar surface area (TPSA) is 0 Å². The largest absolute Gasteiger partial charge is 0.0875 e. The van der Waals surface area contributed by atoms with E-state index in [9.17, 15) is 0 Å². The van der Waals surface area contributed by atoms with Crippen molar-refractivity contribution in [1.29, 1.82) is 0 Å². The van der Waals surface area contributed by atoms with E-state index in [0.29, 0.717) is 4.83 Å². The van der Waals surface area contributed by atoms with Crippen LogP contribution in [0.25, 0.3) is 0 Å². The quantitative estimate of drug-likeness (QED) is 0.465. The van der Waals surface area contributed by atoms with Gasteiger partial charge in [0.1, 0.15) is 0 Å². The normalized spacial score (nSPS) is 45.2. The van der Waals surface area contributed by atoms with E-state index < -0.39 is 0 Å². The van der Waals surface area contributed by atoms with Crippen molar-refractivity contribution in [3.05, 3.63) is 0 Å². The monoisotopic (exact) mass is 452 g/mol. The summed E-state index contributed by atoms with van der Waals surface area (Å²) in [5.41, 5.74) is 0. The van der Waals surface area contributed by atoms with E-state index >= 15 is 0 Å². The van der Waals surface area contributed by atoms with E-state index in [0.717, 1.165) is 6.42 Å². The molecule has 0 spiro atoms. The molecule has 0 aliphatic heterocycles. The van der Waals surface area contributed by atoms with Gasteiger partial charge in [-0.1, -0.05) is 63.7 Å². The summed E-state index contributed by atoms with van der Waals surface area (Å²) in [4.78, 5) is 0.514. The lowest BCUT2D eigenvalue weighted by molar-refractivity contribution is 0.331. The van der Waals surface area contributed by atoms with Crippen molar-refractivity contribution in [2.24, 2.45) is 0 Å². The Morgan fingerprint density at radius 3 is 2.07 bits per heavy atom. The highest BCUT2D eigenvalue weighted by Gasteiger charge is 2.49. The van der Waals surface area contributed by atoms with E-state index in [1.54, 1.807) is 0 Å². The lowest BCUT2D eigenvalue weighted by atomic mass is 9.77. The highest BCUT2D eigenvalue weighted by atomic mass is 79.9. The lowest BCUT2D eigenvalue weighted by Gasteiger charge is -2.48. The first-order chi connectivity index (χ1) is 6.08. The van der Waals surface area contributed by atoms with Crippen LogP contribution >= 0.6 is 63.7 Å². The van der Waals surface area contributed by atoms with Gasteiger partial charge in [-0.25, -0.2) is 0 Å². The first-order valence-electron chi connectivity index (χ1n) is 4.79. The van der Waals surface area contributed by atoms with Crippen LogP contribution in [0.1, 0.15) is 40.0 Å². The summed E-state index contributed by atoms with van der Waals surface area (Å²) >= 11 is 15.3. The molecule has 1 aliphatic rings. The third-order valence-corrected chi connectivity index (χ3v) is 9.13. The fourth-order valence-corrected chi connectivity index (χ4v) is 4.20. The van der Waals surface area contributed by atoms with Gasteiger partial charge < -0.3 is 0 Å². The Morgan fingerprint density at radius 2 is 1.71 bits per heavy atom. The molecule has 3 atom stereocenters. The van der Waals surface area contributed by atoms with Crippen LogP contribution in [0.15, 0.2) is 0 Å². The van der Waals surface area contributed by atoms with E-state index in [1.807, 2.05) is 0 Å². The molecule has 0 aromatic heterocycles. The van der Waals surface area contributed by atoms with Gasteiger partial charge in [-0.05, 0) is 40.0 Å². The Labute approximate surface area is 120 Å². The summed E-state index contributed by atoms with van der Waals surface area (Å²) < 4.78 is 0.569. The van der Waals surface area contributed by atoms with E-state index in [1.165, 1.54) is 12.8 Å². The molecule has 0 saturated heterocycles. The van der Waals surface area contributed by atoms with Crippen LogP contribution in [0, 0.1) is 0 Å². The molecule has 0 bridgehead atoms. The molecule has 4 heteroatoms. The third kappa shape index (κ3) is 2.78. The van der Waals surface area contributed by atoms with Crippen molar-refractivity contribution in [3.8, 4) is 0 Å². The minimum atomic E-state index is 0.134. The predicted octanol–water partition coefficient (Wildman–Crippen LogP) is 5.39. The van der Waals surface area contributed by atoms with Gasteiger partial charge in [-0.3, -0.25) is 0 Å². The maximum absolute atomic E-state index is 3.91. The van der Waals surface area contributed by atoms with Gasteiger partial charge >= 0.3 is 0 Å². The Morgan fingerprint density at radius 1 is 1.21 bits per heavy atom. The number of alkyl halides is 4. The van der Waals surface area contributed by atoms with Crippen molar-refractivity contribution < 1.29 is 0 Å². The fraction of sp³-hybridized carbons (Fsp3) is 1.00. The molecule has 0 radical (unpaired) electrons. The Balaban J connectivity index is 2.81. The molecular weight excluding hydrogens is 440 g/mol. The molecule has 1 saturated carbocycles. The van der Waals surface area contributed by atoms with Crippen molar-refractivity contribution in [2.75, 3.05) is 0 Å². The molecule has 84 valence electrons. The molecule has 0 aromatic rings. The van der Waals surface area contributed by atoms with Gasteiger partial charge in [-0.15, -0.1) is 0 Å². The Kier molecular flexibility index (Phi) is 4.30. The van der Waals surface area contributed by atoms with Crippen molar-refractivity contribution in [3.63, 3.8) is 0 Å². The van der Waals surface area contributed by atoms with E-state index in [-0.39, 0.29) is 13.0 Å². The van der Waals surface area contributed by atoms with Crippen LogP contribution in [0.2, 0.25) is 0 Å². The minimum Gasteiger partial charge on any atom is -0.0875 e. The second kappa shape index (κ2) is 4.30. The summed E-state index contributed by atoms with van der Waals surface area (Å²) in [5.74, 6) is 0. The molecule has 1 rings (SSSR count). The maximum Gasteiger partial charge on any atom is 0.0417 e. The summed E-state index contributed by atoms with van der Waals surface area (Å²) in [5, 5.41) is 0. The molecular formula is C10H16Br4. The fourth-order valence-electron chi connectivity index (χ4n) is 1.74. The molecule has 1 fully saturated rings. The smallest absolute Gasteiger partial charge is 0.0417 e. The second-order valence-corrected chi connectivity index (χ2v) is 11.3. The molecule has 1 aliphatic carbocycles. The number of halogens is 4. The van der Waals surface area contributed by atoms with Crippen LogP contribution in [-0.4, -0.2) is 17.8 Å². The Hall–Kier alpha value is 1.92. The number of rotatable bonds is 1. The van der Waals surface area contributed by atoms with Crippen LogP contribution in [0.5, 0.6) is 0 Å². The summed E-state index contributed by atoms with van der Waals surface area (Å²) in [6, 6.07) is 0. The van der Waals surface area contributed by atoms with Gasteiger partial charge in [0.05, 0.1) is 0 Å². The van der Waals surface area contributed by atoms with Gasteiger partial charge in [-0.2, -0.15) is 0 Å². The molecule has 0 aromatic carbocycles. The first-order valence-corrected chi connectivity index (χ1v) is 8.09. The van der Waals surface area contributed by atoms with Crippen molar-refractivity contribution >= 4 is 63.7 Å². The van der Waals surface area contributed by atoms with Gasteiger partial charge in [0, 0.05) is 17.8 Å². The molecule has 0 N–H and O–H groups in total. The zero-order valence-electron chi connectivity index (χ0n) is 8.71. The second-order valence-electron chi connectivity index (χ2n) is 4.89. The van der Waals surface area contributed by atoms with Crippen molar-refractivity contribution in [1.82, 2.24) is 0 Å². The highest BCUT2D eigenvalue weighted by Crippen LogP contribution is 2.54. The van der Waals surface area contributed by atoms with Crippen LogP contribution < -0.4 is 0 Å². The first kappa shape index (κ1) is 14.0. The standard InChI is InChI=1S/C10H16Br4/c1-8(2,12)10(14)5-4-9(3,13)7(11)6-10/h7H,4-6H2,1-3H3/t7-,9-,10+/m1/s1. The summed E-state index contributed by atoms with van der Waals surface area (Å²) in [6.45, 7) is 6.73. The predicted molar refractivity (Wildman–Crippen MR) is 78.6 cm³/mol. The molecule has 0 nitrogen and oxygen atoms in total. The SMILES string of the molecule is CC(C)(Br)[C@]1(Br)CC[C@@](C)(Br)[C@H](Br)C1. The molecule has 0 amide bonds. The zero-order valence-corrected chi connectivity index (χ0v) is 15.1. The van der Waals surface area contributed by atoms with Gasteiger partial charge in [0.15, 0.2) is 0 Å². The minimum absolute atomic E-state index is 0.134. The summed E-state index contributed by atoms with van der Waals surface area (Å²) in [7, 11) is 0. The average Bonchev–Trinajstić information content (AvgIpc) is 1.96. The van der Waals surface area contributed by atoms with E-state index in [4.69, 9.17) is 0 Å². The number of hydrogen-bond acceptors (Lipinski definition) is 0. The maximum atomic E-state index is 3.91. The van der Waals surface area contributed by atoms with Crippen LogP contribution in [-0.2, 0) is 0 Å². The Bertz CT molecular complexity index is 219. The highest BCUT2D eigenvalue weighted by molar-refractivity contribution is 9.13. The third-order valence-electron chi connectivity index (χ3n) is 3.23. The summed E-state index contributed by atoms with van der Waals surface area (Å²) in [6.07, 6.45) is 3.51.